The number of rotatable bonds is 3. The number of hydrogen-bond acceptors (Lipinski definition) is 3. The number of aryl methyl sites for hydroxylation is 1. The van der Waals surface area contributed by atoms with Crippen LogP contribution in [0.2, 0.25) is 0 Å². The van der Waals surface area contributed by atoms with Crippen molar-refractivity contribution in [3.63, 3.8) is 0 Å². The van der Waals surface area contributed by atoms with Crippen molar-refractivity contribution in [2.45, 2.75) is 34.1 Å². The van der Waals surface area contributed by atoms with Gasteiger partial charge in [0.25, 0.3) is 5.91 Å². The van der Waals surface area contributed by atoms with Gasteiger partial charge >= 0.3 is 0 Å². The Labute approximate surface area is 134 Å². The van der Waals surface area contributed by atoms with E-state index in [4.69, 9.17) is 5.73 Å². The Morgan fingerprint density at radius 1 is 1.18 bits per heavy atom. The van der Waals surface area contributed by atoms with Crippen LogP contribution in [0.15, 0.2) is 18.2 Å². The molecule has 0 radical (unpaired) electrons. The molecule has 1 saturated heterocycles. The van der Waals surface area contributed by atoms with Crippen LogP contribution in [0.5, 0.6) is 0 Å². The van der Waals surface area contributed by atoms with Gasteiger partial charge in [0.1, 0.15) is 0 Å². The molecule has 1 aromatic carbocycles. The van der Waals surface area contributed by atoms with E-state index < -0.39 is 0 Å². The molecule has 22 heavy (non-hydrogen) atoms. The van der Waals surface area contributed by atoms with Crippen LogP contribution in [0.1, 0.15) is 43.1 Å². The first kappa shape index (κ1) is 16.8. The average Bonchev–Trinajstić information content (AvgIpc) is 2.47. The molecular weight excluding hydrogens is 274 g/mol. The van der Waals surface area contributed by atoms with Crippen LogP contribution in [0.25, 0.3) is 0 Å². The van der Waals surface area contributed by atoms with E-state index in [1.165, 1.54) is 6.42 Å². The van der Waals surface area contributed by atoms with Crippen molar-refractivity contribution in [2.24, 2.45) is 5.41 Å². The summed E-state index contributed by atoms with van der Waals surface area (Å²) >= 11 is 0. The van der Waals surface area contributed by atoms with Gasteiger partial charge in [-0.15, -0.1) is 0 Å². The molecular formula is C18H29N3O. The number of hydrogen-bond donors (Lipinski definition) is 1. The highest BCUT2D eigenvalue weighted by Crippen LogP contribution is 2.20. The third kappa shape index (κ3) is 4.47. The molecule has 2 N–H and O–H groups in total. The third-order valence-corrected chi connectivity index (χ3v) is 4.33. The van der Waals surface area contributed by atoms with E-state index in [9.17, 15) is 4.79 Å². The molecule has 4 heteroatoms. The highest BCUT2D eigenvalue weighted by molar-refractivity contribution is 5.96. The molecule has 1 amide bonds. The third-order valence-electron chi connectivity index (χ3n) is 4.33. The lowest BCUT2D eigenvalue weighted by molar-refractivity contribution is 0.0622. The van der Waals surface area contributed by atoms with Crippen molar-refractivity contribution in [3.05, 3.63) is 29.3 Å². The smallest absolute Gasteiger partial charge is 0.254 e. The van der Waals surface area contributed by atoms with E-state index in [0.29, 0.717) is 11.1 Å². The summed E-state index contributed by atoms with van der Waals surface area (Å²) in [6.45, 7) is 13.4. The maximum absolute atomic E-state index is 12.6. The monoisotopic (exact) mass is 303 g/mol. The zero-order valence-corrected chi connectivity index (χ0v) is 14.4. The van der Waals surface area contributed by atoms with Crippen LogP contribution in [0, 0.1) is 12.3 Å². The predicted molar refractivity (Wildman–Crippen MR) is 92.0 cm³/mol. The van der Waals surface area contributed by atoms with Gasteiger partial charge in [-0.1, -0.05) is 26.8 Å². The second-order valence-electron chi connectivity index (χ2n) is 7.52. The van der Waals surface area contributed by atoms with Gasteiger partial charge in [0.2, 0.25) is 0 Å². The highest BCUT2D eigenvalue weighted by atomic mass is 16.2. The number of benzene rings is 1. The lowest BCUT2D eigenvalue weighted by Crippen LogP contribution is -2.49. The number of nitrogens with zero attached hydrogens (tertiary/aromatic N) is 2. The Kier molecular flexibility index (Phi) is 5.12. The average molecular weight is 303 g/mol. The van der Waals surface area contributed by atoms with Crippen LogP contribution in [0.3, 0.4) is 0 Å². The highest BCUT2D eigenvalue weighted by Gasteiger charge is 2.24. The van der Waals surface area contributed by atoms with E-state index in [1.807, 2.05) is 24.0 Å². The van der Waals surface area contributed by atoms with E-state index in [1.54, 1.807) is 6.07 Å². The minimum Gasteiger partial charge on any atom is -0.399 e. The molecule has 1 aliphatic rings. The number of amides is 1. The second-order valence-corrected chi connectivity index (χ2v) is 7.52. The van der Waals surface area contributed by atoms with E-state index in [2.05, 4.69) is 25.7 Å². The summed E-state index contributed by atoms with van der Waals surface area (Å²) in [7, 11) is 0. The first-order chi connectivity index (χ1) is 10.3. The lowest BCUT2D eigenvalue weighted by Gasteiger charge is -2.36. The van der Waals surface area contributed by atoms with Crippen molar-refractivity contribution in [1.82, 2.24) is 9.80 Å². The van der Waals surface area contributed by atoms with Gasteiger partial charge in [-0.2, -0.15) is 0 Å². The van der Waals surface area contributed by atoms with Gasteiger partial charge in [-0.05, 0) is 43.0 Å². The standard InChI is InChI=1S/C18H29N3O/c1-14-5-6-15(19)13-16(14)17(22)21-11-9-20(10-12-21)8-7-18(2,3)4/h5-6,13H,7-12,19H2,1-4H3. The summed E-state index contributed by atoms with van der Waals surface area (Å²) in [6.07, 6.45) is 1.19. The Morgan fingerprint density at radius 2 is 1.82 bits per heavy atom. The van der Waals surface area contributed by atoms with Crippen molar-refractivity contribution < 1.29 is 4.79 Å². The number of carbonyl (C=O) groups is 1. The van der Waals surface area contributed by atoms with Gasteiger partial charge in [-0.3, -0.25) is 9.69 Å². The van der Waals surface area contributed by atoms with Crippen LogP contribution >= 0.6 is 0 Å². The second kappa shape index (κ2) is 6.69. The Balaban J connectivity index is 1.91. The maximum atomic E-state index is 12.6. The molecule has 0 saturated carbocycles. The zero-order chi connectivity index (χ0) is 16.3. The van der Waals surface area contributed by atoms with E-state index >= 15 is 0 Å². The number of carbonyl (C=O) groups excluding carboxylic acids is 1. The van der Waals surface area contributed by atoms with Crippen molar-refractivity contribution >= 4 is 11.6 Å². The molecule has 0 aliphatic carbocycles. The Hall–Kier alpha value is -1.55. The molecule has 1 heterocycles. The summed E-state index contributed by atoms with van der Waals surface area (Å²) in [5.74, 6) is 0.111. The van der Waals surface area contributed by atoms with Gasteiger partial charge < -0.3 is 10.6 Å². The normalized spacial score (nSPS) is 16.8. The fraction of sp³-hybridized carbons (Fsp3) is 0.611. The molecule has 2 rings (SSSR count). The molecule has 122 valence electrons. The van der Waals surface area contributed by atoms with Gasteiger partial charge in [0, 0.05) is 37.4 Å². The number of nitrogen functional groups attached to an aromatic ring is 1. The van der Waals surface area contributed by atoms with Gasteiger partial charge in [0.15, 0.2) is 0 Å². The molecule has 0 bridgehead atoms. The summed E-state index contributed by atoms with van der Waals surface area (Å²) < 4.78 is 0. The SMILES string of the molecule is Cc1ccc(N)cc1C(=O)N1CCN(CCC(C)(C)C)CC1. The fourth-order valence-electron chi connectivity index (χ4n) is 2.71. The van der Waals surface area contributed by atoms with Crippen molar-refractivity contribution in [3.8, 4) is 0 Å². The summed E-state index contributed by atoms with van der Waals surface area (Å²) in [6, 6.07) is 5.56. The quantitative estimate of drug-likeness (QED) is 0.874. The van der Waals surface area contributed by atoms with E-state index in [-0.39, 0.29) is 5.91 Å². The van der Waals surface area contributed by atoms with Crippen LogP contribution < -0.4 is 5.73 Å². The van der Waals surface area contributed by atoms with Crippen LogP contribution in [-0.2, 0) is 0 Å². The summed E-state index contributed by atoms with van der Waals surface area (Å²) in [5.41, 5.74) is 8.57. The molecule has 0 aromatic heterocycles. The Bertz CT molecular complexity index is 526. The molecule has 0 unspecified atom stereocenters. The van der Waals surface area contributed by atoms with E-state index in [0.717, 1.165) is 43.9 Å². The first-order valence-electron chi connectivity index (χ1n) is 8.14. The molecule has 0 atom stereocenters. The number of piperazine rings is 1. The summed E-state index contributed by atoms with van der Waals surface area (Å²) in [4.78, 5) is 17.1. The van der Waals surface area contributed by atoms with Gasteiger partial charge in [-0.25, -0.2) is 0 Å². The summed E-state index contributed by atoms with van der Waals surface area (Å²) in [5, 5.41) is 0. The molecule has 4 nitrogen and oxygen atoms in total. The minimum atomic E-state index is 0.111. The first-order valence-corrected chi connectivity index (χ1v) is 8.14. The maximum Gasteiger partial charge on any atom is 0.254 e. The topological polar surface area (TPSA) is 49.6 Å². The van der Waals surface area contributed by atoms with Crippen molar-refractivity contribution in [2.75, 3.05) is 38.5 Å². The van der Waals surface area contributed by atoms with Crippen LogP contribution in [0.4, 0.5) is 5.69 Å². The molecule has 1 fully saturated rings. The van der Waals surface area contributed by atoms with Crippen molar-refractivity contribution in [1.29, 1.82) is 0 Å². The lowest BCUT2D eigenvalue weighted by atomic mass is 9.92. The van der Waals surface area contributed by atoms with Crippen LogP contribution in [-0.4, -0.2) is 48.4 Å². The van der Waals surface area contributed by atoms with Gasteiger partial charge in [0.05, 0.1) is 0 Å². The minimum absolute atomic E-state index is 0.111. The largest absolute Gasteiger partial charge is 0.399 e. The number of anilines is 1. The predicted octanol–water partition coefficient (Wildman–Crippen LogP) is 2.77. The zero-order valence-electron chi connectivity index (χ0n) is 14.4. The fourth-order valence-corrected chi connectivity index (χ4v) is 2.71. The molecule has 1 aromatic rings. The number of nitrogens with two attached hydrogens (primary N) is 1. The molecule has 1 aliphatic heterocycles. The molecule has 0 spiro atoms. The Morgan fingerprint density at radius 3 is 2.41 bits per heavy atom.